The van der Waals surface area contributed by atoms with Crippen molar-refractivity contribution >= 4 is 21.6 Å². The van der Waals surface area contributed by atoms with Crippen molar-refractivity contribution in [2.24, 2.45) is 0 Å². The Labute approximate surface area is 125 Å². The highest BCUT2D eigenvalue weighted by Crippen LogP contribution is 2.23. The Bertz CT molecular complexity index is 741. The molecule has 0 saturated heterocycles. The van der Waals surface area contributed by atoms with E-state index in [1.165, 1.54) is 12.3 Å². The average molecular weight is 332 g/mol. The van der Waals surface area contributed by atoms with E-state index >= 15 is 0 Å². The molecule has 0 aliphatic carbocycles. The second-order valence-electron chi connectivity index (χ2n) is 4.07. The molecule has 0 bridgehead atoms. The second kappa shape index (κ2) is 6.44. The predicted molar refractivity (Wildman–Crippen MR) is 73.4 cm³/mol. The molecule has 1 aromatic heterocycles. The Balaban J connectivity index is 2.30. The van der Waals surface area contributed by atoms with Crippen LogP contribution in [0.2, 0.25) is 5.02 Å². The van der Waals surface area contributed by atoms with Gasteiger partial charge in [-0.3, -0.25) is 0 Å². The third-order valence-electron chi connectivity index (χ3n) is 2.61. The van der Waals surface area contributed by atoms with Gasteiger partial charge in [0.1, 0.15) is 10.7 Å². The Morgan fingerprint density at radius 1 is 1.38 bits per heavy atom. The summed E-state index contributed by atoms with van der Waals surface area (Å²) in [4.78, 5) is -0.622. The van der Waals surface area contributed by atoms with Gasteiger partial charge in [0.2, 0.25) is 10.0 Å². The summed E-state index contributed by atoms with van der Waals surface area (Å²) in [5, 5.41) is 16.3. The first-order valence-corrected chi connectivity index (χ1v) is 7.65. The Hall–Kier alpha value is -1.61. The molecule has 2 aromatic rings. The van der Waals surface area contributed by atoms with Crippen LogP contribution < -0.4 is 4.72 Å². The molecule has 2 rings (SSSR count). The molecule has 21 heavy (non-hydrogen) atoms. The minimum atomic E-state index is -4.13. The third kappa shape index (κ3) is 3.73. The van der Waals surface area contributed by atoms with Crippen LogP contribution in [0, 0.1) is 5.82 Å². The molecule has 1 aromatic carbocycles. The maximum Gasteiger partial charge on any atom is 0.243 e. The molecule has 0 radical (unpaired) electrons. The summed E-state index contributed by atoms with van der Waals surface area (Å²) in [5.74, 6) is -1.03. The molecule has 0 aliphatic rings. The number of rotatable bonds is 5. The van der Waals surface area contributed by atoms with Crippen molar-refractivity contribution in [2.45, 2.75) is 18.0 Å². The number of sulfonamides is 1. The Morgan fingerprint density at radius 2 is 2.14 bits per heavy atom. The second-order valence-corrected chi connectivity index (χ2v) is 6.25. The van der Waals surface area contributed by atoms with Gasteiger partial charge in [0.05, 0.1) is 18.8 Å². The molecule has 2 N–H and O–H groups in total. The fourth-order valence-corrected chi connectivity index (χ4v) is 3.05. The first-order chi connectivity index (χ1) is 9.94. The first kappa shape index (κ1) is 15.8. The summed E-state index contributed by atoms with van der Waals surface area (Å²) < 4.78 is 40.4. The van der Waals surface area contributed by atoms with Crippen LogP contribution in [0.5, 0.6) is 0 Å². The number of nitrogens with one attached hydrogen (secondary N) is 1. The Morgan fingerprint density at radius 3 is 2.76 bits per heavy atom. The van der Waals surface area contributed by atoms with Crippen LogP contribution in [-0.4, -0.2) is 23.7 Å². The van der Waals surface area contributed by atoms with Crippen molar-refractivity contribution in [3.8, 4) is 0 Å². The monoisotopic (exact) mass is 331 g/mol. The van der Waals surface area contributed by atoms with Gasteiger partial charge in [-0.25, -0.2) is 17.5 Å². The normalized spacial score (nSPS) is 11.6. The maximum absolute atomic E-state index is 14.0. The largest absolute Gasteiger partial charge is 0.392 e. The van der Waals surface area contributed by atoms with Crippen molar-refractivity contribution in [1.82, 2.24) is 14.9 Å². The van der Waals surface area contributed by atoms with Crippen LogP contribution in [-0.2, 0) is 23.2 Å². The van der Waals surface area contributed by atoms with Crippen molar-refractivity contribution in [2.75, 3.05) is 0 Å². The summed E-state index contributed by atoms with van der Waals surface area (Å²) in [6, 6.07) is 5.32. The lowest BCUT2D eigenvalue weighted by Gasteiger charge is -2.10. The van der Waals surface area contributed by atoms with Crippen molar-refractivity contribution in [3.63, 3.8) is 0 Å². The fourth-order valence-electron chi connectivity index (χ4n) is 1.60. The van der Waals surface area contributed by atoms with Gasteiger partial charge < -0.3 is 5.11 Å². The number of hydrogen-bond acceptors (Lipinski definition) is 5. The maximum atomic E-state index is 14.0. The van der Waals surface area contributed by atoms with Crippen LogP contribution in [0.4, 0.5) is 4.39 Å². The van der Waals surface area contributed by atoms with Gasteiger partial charge in [-0.05, 0) is 24.3 Å². The highest BCUT2D eigenvalue weighted by atomic mass is 35.5. The number of nitrogens with zero attached hydrogens (tertiary/aromatic N) is 2. The smallest absolute Gasteiger partial charge is 0.243 e. The molecule has 0 saturated carbocycles. The zero-order valence-electron chi connectivity index (χ0n) is 10.6. The van der Waals surface area contributed by atoms with E-state index in [1.54, 1.807) is 12.1 Å². The van der Waals surface area contributed by atoms with E-state index in [2.05, 4.69) is 14.9 Å². The lowest BCUT2D eigenvalue weighted by Crippen LogP contribution is -2.25. The molecule has 0 spiro atoms. The van der Waals surface area contributed by atoms with E-state index in [-0.39, 0.29) is 17.1 Å². The lowest BCUT2D eigenvalue weighted by molar-refractivity contribution is 0.274. The van der Waals surface area contributed by atoms with Crippen molar-refractivity contribution in [1.29, 1.82) is 0 Å². The van der Waals surface area contributed by atoms with Gasteiger partial charge in [-0.2, -0.15) is 10.2 Å². The summed E-state index contributed by atoms with van der Waals surface area (Å²) in [6.45, 7) is -0.796. The average Bonchev–Trinajstić information content (AvgIpc) is 2.48. The quantitative estimate of drug-likeness (QED) is 0.860. The fraction of sp³-hybridized carbons (Fsp3) is 0.167. The number of aromatic nitrogens is 2. The van der Waals surface area contributed by atoms with E-state index in [4.69, 9.17) is 16.7 Å². The van der Waals surface area contributed by atoms with Crippen molar-refractivity contribution in [3.05, 3.63) is 52.6 Å². The molecule has 9 heteroatoms. The number of aliphatic hydroxyl groups excluding tert-OH is 1. The standard InChI is InChI=1S/C12H11ClFN3O3S/c13-9-4-8(7-18)12(14)11(5-9)21(19,20)16-6-10-2-1-3-15-17-10/h1-5,16,18H,6-7H2. The van der Waals surface area contributed by atoms with E-state index < -0.39 is 27.3 Å². The van der Waals surface area contributed by atoms with Crippen molar-refractivity contribution < 1.29 is 17.9 Å². The Kier molecular flexibility index (Phi) is 4.84. The summed E-state index contributed by atoms with van der Waals surface area (Å²) in [5.41, 5.74) is 0.188. The number of aliphatic hydroxyl groups is 1. The van der Waals surface area contributed by atoms with Crippen LogP contribution >= 0.6 is 11.6 Å². The molecule has 0 atom stereocenters. The molecular weight excluding hydrogens is 321 g/mol. The molecular formula is C12H11ClFN3O3S. The summed E-state index contributed by atoms with van der Waals surface area (Å²) in [6.07, 6.45) is 1.45. The van der Waals surface area contributed by atoms with Gasteiger partial charge in [-0.1, -0.05) is 11.6 Å². The van der Waals surface area contributed by atoms with Crippen LogP contribution in [0.25, 0.3) is 0 Å². The predicted octanol–water partition coefficient (Wildman–Crippen LogP) is 1.24. The van der Waals surface area contributed by atoms with E-state index in [0.717, 1.165) is 6.07 Å². The molecule has 112 valence electrons. The highest BCUT2D eigenvalue weighted by Gasteiger charge is 2.22. The molecule has 6 nitrogen and oxygen atoms in total. The number of benzene rings is 1. The van der Waals surface area contributed by atoms with Gasteiger partial charge >= 0.3 is 0 Å². The first-order valence-electron chi connectivity index (χ1n) is 5.79. The van der Waals surface area contributed by atoms with Gasteiger partial charge in [-0.15, -0.1) is 0 Å². The summed E-state index contributed by atoms with van der Waals surface area (Å²) in [7, 11) is -4.13. The van der Waals surface area contributed by atoms with Gasteiger partial charge in [0.25, 0.3) is 0 Å². The van der Waals surface area contributed by atoms with E-state index in [0.29, 0.717) is 5.69 Å². The van der Waals surface area contributed by atoms with Crippen LogP contribution in [0.1, 0.15) is 11.3 Å². The zero-order valence-corrected chi connectivity index (χ0v) is 12.2. The highest BCUT2D eigenvalue weighted by molar-refractivity contribution is 7.89. The molecule has 0 fully saturated rings. The number of halogens is 2. The molecule has 0 unspecified atom stereocenters. The lowest BCUT2D eigenvalue weighted by atomic mass is 10.2. The minimum absolute atomic E-state index is 0.0142. The molecule has 1 heterocycles. The van der Waals surface area contributed by atoms with Gasteiger partial charge in [0, 0.05) is 16.8 Å². The minimum Gasteiger partial charge on any atom is -0.392 e. The van der Waals surface area contributed by atoms with E-state index in [1.807, 2.05) is 0 Å². The third-order valence-corrected chi connectivity index (χ3v) is 4.23. The van der Waals surface area contributed by atoms with Gasteiger partial charge in [0.15, 0.2) is 0 Å². The number of hydrogen-bond donors (Lipinski definition) is 2. The summed E-state index contributed by atoms with van der Waals surface area (Å²) >= 11 is 5.73. The zero-order chi connectivity index (χ0) is 15.5. The SMILES string of the molecule is O=S(=O)(NCc1cccnn1)c1cc(Cl)cc(CO)c1F. The topological polar surface area (TPSA) is 92.2 Å². The molecule has 0 aliphatic heterocycles. The van der Waals surface area contributed by atoms with Crippen LogP contribution in [0.3, 0.4) is 0 Å². The molecule has 0 amide bonds. The van der Waals surface area contributed by atoms with Crippen LogP contribution in [0.15, 0.2) is 35.4 Å². The van der Waals surface area contributed by atoms with E-state index in [9.17, 15) is 12.8 Å².